The lowest BCUT2D eigenvalue weighted by molar-refractivity contribution is -0.140. The van der Waals surface area contributed by atoms with E-state index in [2.05, 4.69) is 48.7 Å². The molecule has 1 fully saturated rings. The topological polar surface area (TPSA) is 202 Å². The number of esters is 1. The molecule has 17 nitrogen and oxygen atoms in total. The number of carbonyl (C=O) groups is 2. The largest absolute Gasteiger partial charge is 0.497 e. The number of ether oxygens (including phenoxy) is 6. The van der Waals surface area contributed by atoms with E-state index in [1.165, 1.54) is 81.7 Å². The minimum Gasteiger partial charge on any atom is -0.497 e. The van der Waals surface area contributed by atoms with E-state index in [-0.39, 0.29) is 43.6 Å². The second kappa shape index (κ2) is 37.7. The van der Waals surface area contributed by atoms with Crippen molar-refractivity contribution in [3.8, 4) is 17.6 Å². The molecule has 0 aliphatic carbocycles. The lowest BCUT2D eigenvalue weighted by Crippen LogP contribution is -2.43. The third-order valence-corrected chi connectivity index (χ3v) is 17.0. The van der Waals surface area contributed by atoms with Gasteiger partial charge in [-0.2, -0.15) is 5.26 Å². The lowest BCUT2D eigenvalue weighted by atomic mass is 9.80. The number of methoxy groups -OCH3 is 3. The van der Waals surface area contributed by atoms with Gasteiger partial charge in [0.05, 0.1) is 47.0 Å². The molecule has 5 rings (SSSR count). The molecule has 18 heteroatoms. The van der Waals surface area contributed by atoms with Crippen molar-refractivity contribution < 1.29 is 47.1 Å². The number of rotatable bonds is 42. The highest BCUT2D eigenvalue weighted by Crippen LogP contribution is 2.51. The Morgan fingerprint density at radius 3 is 1.73 bits per heavy atom. The third kappa shape index (κ3) is 21.6. The number of nitrogens with zero attached hydrogens (tertiary/aromatic N) is 3. The summed E-state index contributed by atoms with van der Waals surface area (Å²) in [6, 6.07) is 28.8. The third-order valence-electron chi connectivity index (χ3n) is 14.9. The number of carbonyl (C=O) groups excluding carboxylic acids is 2. The minimum atomic E-state index is -1.86. The number of aromatic amines is 1. The van der Waals surface area contributed by atoms with E-state index in [1.807, 2.05) is 78.9 Å². The summed E-state index contributed by atoms with van der Waals surface area (Å²) in [5.41, 5.74) is -0.00449. The number of nitrogens with one attached hydrogen (secondary N) is 2. The average Bonchev–Trinajstić information content (AvgIpc) is 3.59. The Kier molecular flexibility index (Phi) is 31.0. The minimum absolute atomic E-state index is 0.0243. The molecule has 2 heterocycles. The first-order valence-corrected chi connectivity index (χ1v) is 31.1. The Labute approximate surface area is 489 Å². The smallest absolute Gasteiger partial charge is 0.330 e. The van der Waals surface area contributed by atoms with E-state index < -0.39 is 49.9 Å². The van der Waals surface area contributed by atoms with E-state index in [0.717, 1.165) is 68.1 Å². The Morgan fingerprint density at radius 1 is 0.683 bits per heavy atom. The number of benzene rings is 3. The Hall–Kier alpha value is -5.44. The molecule has 0 bridgehead atoms. The highest BCUT2D eigenvalue weighted by atomic mass is 31.2. The highest BCUT2D eigenvalue weighted by molar-refractivity contribution is 7.44. The molecular weight excluding hydrogens is 1060 g/mol. The molecule has 2 N–H and O–H groups in total. The number of nitriles is 1. The predicted octanol–water partition coefficient (Wildman–Crippen LogP) is 12.6. The quantitative estimate of drug-likeness (QED) is 0.0184. The zero-order chi connectivity index (χ0) is 59.0. The second-order valence-corrected chi connectivity index (χ2v) is 23.0. The van der Waals surface area contributed by atoms with Crippen LogP contribution in [0.1, 0.15) is 185 Å². The molecule has 3 aromatic carbocycles. The molecule has 1 amide bonds. The summed E-state index contributed by atoms with van der Waals surface area (Å²) in [6.45, 7) is 9.20. The van der Waals surface area contributed by atoms with Crippen molar-refractivity contribution in [3.05, 3.63) is 129 Å². The molecule has 4 aromatic rings. The van der Waals surface area contributed by atoms with Gasteiger partial charge in [0, 0.05) is 50.3 Å². The van der Waals surface area contributed by atoms with Crippen molar-refractivity contribution in [2.45, 2.75) is 205 Å². The molecule has 452 valence electrons. The van der Waals surface area contributed by atoms with Gasteiger partial charge in [-0.1, -0.05) is 144 Å². The summed E-state index contributed by atoms with van der Waals surface area (Å²) in [7, 11) is 2.83. The fraction of sp³-hybridized carbons (Fsp3) is 0.609. The van der Waals surface area contributed by atoms with Gasteiger partial charge in [-0.3, -0.25) is 23.9 Å². The molecular formula is C64H94N5O12P. The molecule has 1 aliphatic rings. The van der Waals surface area contributed by atoms with Crippen LogP contribution >= 0.6 is 8.53 Å². The predicted molar refractivity (Wildman–Crippen MR) is 321 cm³/mol. The Bertz CT molecular complexity index is 2520. The number of unbranched alkanes of at least 4 members (excludes halogenated alkanes) is 16. The molecule has 5 atom stereocenters. The van der Waals surface area contributed by atoms with Crippen LogP contribution in [0.2, 0.25) is 0 Å². The summed E-state index contributed by atoms with van der Waals surface area (Å²) in [5, 5.41) is 12.7. The van der Waals surface area contributed by atoms with Crippen molar-refractivity contribution in [2.24, 2.45) is 0 Å². The first kappa shape index (κ1) is 67.4. The van der Waals surface area contributed by atoms with Crippen LogP contribution < -0.4 is 26.0 Å². The highest BCUT2D eigenvalue weighted by Gasteiger charge is 2.51. The zero-order valence-corrected chi connectivity index (χ0v) is 50.9. The normalized spacial score (nSPS) is 16.6. The van der Waals surface area contributed by atoms with Crippen LogP contribution in [0.4, 0.5) is 0 Å². The fourth-order valence-corrected chi connectivity index (χ4v) is 12.3. The molecule has 1 aliphatic heterocycles. The monoisotopic (exact) mass is 1160 g/mol. The maximum Gasteiger partial charge on any atom is 0.330 e. The average molecular weight is 1160 g/mol. The maximum atomic E-state index is 13.8. The van der Waals surface area contributed by atoms with E-state index in [4.69, 9.17) is 37.5 Å². The first-order valence-electron chi connectivity index (χ1n) is 30.0. The number of hydrogen-bond acceptors (Lipinski definition) is 14. The van der Waals surface area contributed by atoms with E-state index in [0.29, 0.717) is 43.9 Å². The van der Waals surface area contributed by atoms with Crippen molar-refractivity contribution in [1.82, 2.24) is 19.5 Å². The van der Waals surface area contributed by atoms with Crippen LogP contribution in [0.15, 0.2) is 101 Å². The number of aromatic nitrogens is 2. The van der Waals surface area contributed by atoms with Crippen LogP contribution in [0, 0.1) is 11.3 Å². The van der Waals surface area contributed by atoms with Crippen LogP contribution in [0.5, 0.6) is 11.5 Å². The number of H-pyrrole nitrogens is 1. The Balaban J connectivity index is 1.24. The molecule has 0 radical (unpaired) electrons. The molecule has 0 saturated carbocycles. The van der Waals surface area contributed by atoms with Crippen LogP contribution in [0.25, 0.3) is 0 Å². The zero-order valence-electron chi connectivity index (χ0n) is 50.0. The Morgan fingerprint density at radius 2 is 1.21 bits per heavy atom. The maximum absolute atomic E-state index is 13.8. The summed E-state index contributed by atoms with van der Waals surface area (Å²) in [5.74, 6) is 1.34. The molecule has 1 saturated heterocycles. The molecule has 82 heavy (non-hydrogen) atoms. The van der Waals surface area contributed by atoms with Gasteiger partial charge in [-0.25, -0.2) is 9.46 Å². The molecule has 1 aromatic heterocycles. The van der Waals surface area contributed by atoms with Gasteiger partial charge in [0.1, 0.15) is 35.4 Å². The summed E-state index contributed by atoms with van der Waals surface area (Å²) >= 11 is 0. The van der Waals surface area contributed by atoms with Gasteiger partial charge >= 0.3 is 11.7 Å². The number of hydrogen-bond donors (Lipinski definition) is 2. The number of amides is 1. The van der Waals surface area contributed by atoms with E-state index >= 15 is 0 Å². The lowest BCUT2D eigenvalue weighted by Gasteiger charge is -2.39. The van der Waals surface area contributed by atoms with Gasteiger partial charge in [-0.05, 0) is 94.3 Å². The van der Waals surface area contributed by atoms with Crippen molar-refractivity contribution in [1.29, 1.82) is 5.26 Å². The SMILES string of the molecule is COC(=O)CCCCCCCCCCCCCCCCC(=O)NCCCCCCO[C@H]1C(OP(OCCC#N)N(C(C)C)C(C)C)[C@@H](COC(c2ccccc2)(c2ccc(OC)cc2)c2ccc(OC)cc2)O[C@H]1n1ccc(=O)[nH]c1=O. The second-order valence-electron chi connectivity index (χ2n) is 21.6. The van der Waals surface area contributed by atoms with Crippen molar-refractivity contribution in [2.75, 3.05) is 47.7 Å². The van der Waals surface area contributed by atoms with E-state index in [1.54, 1.807) is 14.2 Å². The first-order chi connectivity index (χ1) is 39.9. The van der Waals surface area contributed by atoms with Crippen LogP contribution in [0.3, 0.4) is 0 Å². The molecule has 0 spiro atoms. The summed E-state index contributed by atoms with van der Waals surface area (Å²) in [4.78, 5) is 52.6. The van der Waals surface area contributed by atoms with Gasteiger partial charge in [0.25, 0.3) is 14.1 Å². The standard InChI is InChI=1S/C64H94N5O12P/c1-49(2)69(50(3)4)82(79-47-29-43-65)81-60-56(48-78-64(51-30-23-22-24-31-51,52-34-38-54(74-5)39-35-52)53-36-40-55(75-6)41-37-53)80-62(68-45-42-58(71)67-63(68)73)61(60)77-46-28-21-20-27-44-66-57(70)32-25-18-16-14-12-10-8-9-11-13-15-17-19-26-33-59(72)76-7/h22-24,30-31,34-42,45,49-50,56,60-62H,8-21,25-29,32-33,44,46-48H2,1-7H3,(H,66,70)(H,67,71,73)/t56-,60?,61+,62-,82?/m1/s1. The van der Waals surface area contributed by atoms with Gasteiger partial charge in [-0.15, -0.1) is 0 Å². The van der Waals surface area contributed by atoms with Crippen LogP contribution in [-0.4, -0.2) is 104 Å². The van der Waals surface area contributed by atoms with Gasteiger partial charge < -0.3 is 42.8 Å². The summed E-state index contributed by atoms with van der Waals surface area (Å²) in [6.07, 6.45) is 18.5. The van der Waals surface area contributed by atoms with Crippen LogP contribution in [-0.2, 0) is 43.2 Å². The van der Waals surface area contributed by atoms with Gasteiger partial charge in [0.2, 0.25) is 5.91 Å². The van der Waals surface area contributed by atoms with Crippen molar-refractivity contribution >= 4 is 20.4 Å². The molecule has 2 unspecified atom stereocenters. The fourth-order valence-electron chi connectivity index (χ4n) is 10.6. The summed E-state index contributed by atoms with van der Waals surface area (Å²) < 4.78 is 54.3. The van der Waals surface area contributed by atoms with Gasteiger partial charge in [0.15, 0.2) is 6.23 Å². The van der Waals surface area contributed by atoms with Crippen molar-refractivity contribution in [3.63, 3.8) is 0 Å². The van der Waals surface area contributed by atoms with E-state index in [9.17, 15) is 24.4 Å².